The van der Waals surface area contributed by atoms with Gasteiger partial charge < -0.3 is 11.1 Å². The predicted molar refractivity (Wildman–Crippen MR) is 56.6 cm³/mol. The zero-order chi connectivity index (χ0) is 9.03. The number of hydrogen-bond acceptors (Lipinski definition) is 3. The summed E-state index contributed by atoms with van der Waals surface area (Å²) in [5.74, 6) is 1.30. The van der Waals surface area contributed by atoms with Crippen LogP contribution < -0.4 is 11.1 Å². The minimum Gasteiger partial charge on any atom is -0.329 e. The molecule has 3 heteroatoms. The zero-order valence-electron chi connectivity index (χ0n) is 8.10. The van der Waals surface area contributed by atoms with E-state index in [1.165, 1.54) is 18.6 Å². The Morgan fingerprint density at radius 3 is 2.92 bits per heavy atom. The summed E-state index contributed by atoms with van der Waals surface area (Å²) in [6, 6.07) is 0. The van der Waals surface area contributed by atoms with Crippen LogP contribution in [0.4, 0.5) is 0 Å². The fourth-order valence-electron chi connectivity index (χ4n) is 1.93. The van der Waals surface area contributed by atoms with Gasteiger partial charge in [0, 0.05) is 17.3 Å². The van der Waals surface area contributed by atoms with E-state index in [2.05, 4.69) is 19.2 Å². The average Bonchev–Trinajstić information content (AvgIpc) is 2.10. The van der Waals surface area contributed by atoms with E-state index >= 15 is 0 Å². The molecule has 0 radical (unpaired) electrons. The summed E-state index contributed by atoms with van der Waals surface area (Å²) in [5.41, 5.74) is 6.06. The molecule has 12 heavy (non-hydrogen) atoms. The highest BCUT2D eigenvalue weighted by atomic mass is 32.2. The molecule has 0 aliphatic carbocycles. The van der Waals surface area contributed by atoms with E-state index in [1.807, 2.05) is 11.8 Å². The Labute approximate surface area is 79.7 Å². The SMILES string of the molecule is CCNC1(CN)CCCSC1C. The fourth-order valence-corrected chi connectivity index (χ4v) is 3.22. The summed E-state index contributed by atoms with van der Waals surface area (Å²) in [7, 11) is 0. The van der Waals surface area contributed by atoms with Crippen molar-refractivity contribution in [2.24, 2.45) is 5.73 Å². The van der Waals surface area contributed by atoms with Crippen LogP contribution in [0.5, 0.6) is 0 Å². The molecule has 2 nitrogen and oxygen atoms in total. The van der Waals surface area contributed by atoms with E-state index in [9.17, 15) is 0 Å². The van der Waals surface area contributed by atoms with Gasteiger partial charge in [0.15, 0.2) is 0 Å². The lowest BCUT2D eigenvalue weighted by Gasteiger charge is -2.42. The van der Waals surface area contributed by atoms with Crippen LogP contribution in [0.2, 0.25) is 0 Å². The van der Waals surface area contributed by atoms with Crippen molar-refractivity contribution in [2.75, 3.05) is 18.8 Å². The summed E-state index contributed by atoms with van der Waals surface area (Å²) < 4.78 is 0. The van der Waals surface area contributed by atoms with Gasteiger partial charge >= 0.3 is 0 Å². The zero-order valence-corrected chi connectivity index (χ0v) is 8.91. The molecule has 0 bridgehead atoms. The highest BCUT2D eigenvalue weighted by molar-refractivity contribution is 8.00. The minimum absolute atomic E-state index is 0.220. The smallest absolute Gasteiger partial charge is 0.0421 e. The molecule has 0 spiro atoms. The molecule has 1 heterocycles. The van der Waals surface area contributed by atoms with Gasteiger partial charge in [0.05, 0.1) is 0 Å². The Hall–Kier alpha value is 0.270. The summed E-state index contributed by atoms with van der Waals surface area (Å²) in [4.78, 5) is 0. The Morgan fingerprint density at radius 1 is 1.67 bits per heavy atom. The molecule has 3 N–H and O–H groups in total. The Kier molecular flexibility index (Phi) is 3.87. The van der Waals surface area contributed by atoms with Gasteiger partial charge in [-0.2, -0.15) is 11.8 Å². The van der Waals surface area contributed by atoms with E-state index < -0.39 is 0 Å². The van der Waals surface area contributed by atoms with Crippen LogP contribution in [-0.4, -0.2) is 29.6 Å². The summed E-state index contributed by atoms with van der Waals surface area (Å²) in [6.45, 7) is 6.25. The molecule has 0 aromatic heterocycles. The topological polar surface area (TPSA) is 38.0 Å². The molecule has 1 aliphatic heterocycles. The number of likely N-dealkylation sites (N-methyl/N-ethyl adjacent to an activating group) is 1. The summed E-state index contributed by atoms with van der Waals surface area (Å²) in [6.07, 6.45) is 2.55. The molecule has 0 saturated carbocycles. The highest BCUT2D eigenvalue weighted by Crippen LogP contribution is 2.33. The first-order valence-corrected chi connectivity index (χ1v) is 5.87. The number of hydrogen-bond donors (Lipinski definition) is 2. The minimum atomic E-state index is 0.220. The van der Waals surface area contributed by atoms with Crippen LogP contribution in [-0.2, 0) is 0 Å². The average molecular weight is 188 g/mol. The van der Waals surface area contributed by atoms with Crippen molar-refractivity contribution < 1.29 is 0 Å². The van der Waals surface area contributed by atoms with Gasteiger partial charge in [-0.05, 0) is 25.1 Å². The van der Waals surface area contributed by atoms with Crippen LogP contribution in [0.15, 0.2) is 0 Å². The molecule has 0 aromatic carbocycles. The van der Waals surface area contributed by atoms with Crippen LogP contribution >= 0.6 is 11.8 Å². The van der Waals surface area contributed by atoms with Gasteiger partial charge in [-0.25, -0.2) is 0 Å². The van der Waals surface area contributed by atoms with Crippen molar-refractivity contribution in [3.05, 3.63) is 0 Å². The normalized spacial score (nSPS) is 36.8. The standard InChI is InChI=1S/C9H20N2S/c1-3-11-9(7-10)5-4-6-12-8(9)2/h8,11H,3-7,10H2,1-2H3. The monoisotopic (exact) mass is 188 g/mol. The largest absolute Gasteiger partial charge is 0.329 e. The lowest BCUT2D eigenvalue weighted by Crippen LogP contribution is -2.58. The van der Waals surface area contributed by atoms with Crippen molar-refractivity contribution in [1.29, 1.82) is 0 Å². The number of nitrogens with one attached hydrogen (secondary N) is 1. The molecule has 0 aromatic rings. The first-order chi connectivity index (χ1) is 5.75. The van der Waals surface area contributed by atoms with Gasteiger partial charge in [0.25, 0.3) is 0 Å². The van der Waals surface area contributed by atoms with Crippen LogP contribution in [0.25, 0.3) is 0 Å². The van der Waals surface area contributed by atoms with Crippen molar-refractivity contribution in [2.45, 2.75) is 37.5 Å². The van der Waals surface area contributed by atoms with Gasteiger partial charge in [0.2, 0.25) is 0 Å². The molecular formula is C9H20N2S. The van der Waals surface area contributed by atoms with E-state index in [1.54, 1.807) is 0 Å². The first-order valence-electron chi connectivity index (χ1n) is 4.82. The number of nitrogens with two attached hydrogens (primary N) is 1. The van der Waals surface area contributed by atoms with Gasteiger partial charge in [-0.1, -0.05) is 13.8 Å². The van der Waals surface area contributed by atoms with E-state index in [-0.39, 0.29) is 5.54 Å². The molecule has 0 amide bonds. The van der Waals surface area contributed by atoms with E-state index in [4.69, 9.17) is 5.73 Å². The lowest BCUT2D eigenvalue weighted by molar-refractivity contribution is 0.304. The maximum absolute atomic E-state index is 5.84. The second kappa shape index (κ2) is 4.49. The first kappa shape index (κ1) is 10.4. The molecule has 1 aliphatic rings. The lowest BCUT2D eigenvalue weighted by atomic mass is 9.89. The third kappa shape index (κ3) is 1.95. The van der Waals surface area contributed by atoms with E-state index in [0.717, 1.165) is 13.1 Å². The van der Waals surface area contributed by atoms with Gasteiger partial charge in [-0.3, -0.25) is 0 Å². The van der Waals surface area contributed by atoms with Crippen molar-refractivity contribution in [3.63, 3.8) is 0 Å². The molecule has 1 rings (SSSR count). The summed E-state index contributed by atoms with van der Waals surface area (Å²) in [5, 5.41) is 4.21. The fraction of sp³-hybridized carbons (Fsp3) is 1.00. The Balaban J connectivity index is 2.60. The third-order valence-corrected chi connectivity index (χ3v) is 4.28. The van der Waals surface area contributed by atoms with Crippen molar-refractivity contribution >= 4 is 11.8 Å². The highest BCUT2D eigenvalue weighted by Gasteiger charge is 2.36. The molecule has 1 fully saturated rings. The maximum atomic E-state index is 5.84. The van der Waals surface area contributed by atoms with Crippen LogP contribution in [0, 0.1) is 0 Å². The predicted octanol–water partition coefficient (Wildman–Crippen LogP) is 1.21. The quantitative estimate of drug-likeness (QED) is 0.699. The molecule has 2 atom stereocenters. The van der Waals surface area contributed by atoms with E-state index in [0.29, 0.717) is 5.25 Å². The number of thioether (sulfide) groups is 1. The molecule has 2 unspecified atom stereocenters. The molecule has 1 saturated heterocycles. The maximum Gasteiger partial charge on any atom is 0.0421 e. The van der Waals surface area contributed by atoms with Crippen LogP contribution in [0.3, 0.4) is 0 Å². The van der Waals surface area contributed by atoms with Crippen LogP contribution in [0.1, 0.15) is 26.7 Å². The summed E-state index contributed by atoms with van der Waals surface area (Å²) >= 11 is 2.05. The Bertz CT molecular complexity index is 136. The van der Waals surface area contributed by atoms with Gasteiger partial charge in [-0.15, -0.1) is 0 Å². The second-order valence-corrected chi connectivity index (χ2v) is 4.96. The molecule has 72 valence electrons. The van der Waals surface area contributed by atoms with Gasteiger partial charge in [0.1, 0.15) is 0 Å². The van der Waals surface area contributed by atoms with Crippen molar-refractivity contribution in [3.8, 4) is 0 Å². The second-order valence-electron chi connectivity index (χ2n) is 3.51. The Morgan fingerprint density at radius 2 is 2.42 bits per heavy atom. The van der Waals surface area contributed by atoms with Crippen molar-refractivity contribution in [1.82, 2.24) is 5.32 Å². The molecular weight excluding hydrogens is 168 g/mol. The third-order valence-electron chi connectivity index (χ3n) is 2.81. The number of rotatable bonds is 3.